The predicted octanol–water partition coefficient (Wildman–Crippen LogP) is 5.00. The summed E-state index contributed by atoms with van der Waals surface area (Å²) in [5, 5.41) is 3.45. The monoisotopic (exact) mass is 506 g/mol. The van der Waals surface area contributed by atoms with Gasteiger partial charge in [-0.15, -0.1) is 0 Å². The third kappa shape index (κ3) is 6.25. The van der Waals surface area contributed by atoms with Gasteiger partial charge in [0.1, 0.15) is 0 Å². The first-order valence-electron chi connectivity index (χ1n) is 9.60. The number of benzene rings is 3. The van der Waals surface area contributed by atoms with E-state index in [1.54, 1.807) is 36.4 Å². The van der Waals surface area contributed by atoms with Gasteiger partial charge in [0.05, 0.1) is 41.9 Å². The largest absolute Gasteiger partial charge is 0.465 e. The van der Waals surface area contributed by atoms with Gasteiger partial charge in [-0.05, 0) is 60.2 Å². The van der Waals surface area contributed by atoms with E-state index >= 15 is 0 Å². The number of esters is 1. The summed E-state index contributed by atoms with van der Waals surface area (Å²) in [7, 11) is -2.34. The number of hydrogen-bond donors (Lipinski definition) is 1. The molecule has 10 heteroatoms. The second-order valence-electron chi connectivity index (χ2n) is 7.08. The SMILES string of the molecule is COC(=O)c1ccc(Cl)c(NC(=O)c2ccc(N(Cc3ccc(Cl)cc3)S(C)(=O)=O)cc2)c1. The summed E-state index contributed by atoms with van der Waals surface area (Å²) in [6, 6.07) is 17.3. The van der Waals surface area contributed by atoms with Gasteiger partial charge in [-0.2, -0.15) is 0 Å². The molecular weight excluding hydrogens is 487 g/mol. The van der Waals surface area contributed by atoms with Crippen molar-refractivity contribution in [2.45, 2.75) is 6.54 Å². The Morgan fingerprint density at radius 3 is 2.12 bits per heavy atom. The Bertz CT molecular complexity index is 1280. The minimum absolute atomic E-state index is 0.109. The van der Waals surface area contributed by atoms with Crippen LogP contribution >= 0.6 is 23.2 Å². The van der Waals surface area contributed by atoms with Crippen LogP contribution in [-0.4, -0.2) is 33.7 Å². The zero-order valence-electron chi connectivity index (χ0n) is 17.7. The average Bonchev–Trinajstić information content (AvgIpc) is 2.79. The molecule has 0 aromatic heterocycles. The van der Waals surface area contributed by atoms with Crippen molar-refractivity contribution in [1.29, 1.82) is 0 Å². The Balaban J connectivity index is 1.81. The van der Waals surface area contributed by atoms with E-state index in [0.717, 1.165) is 11.8 Å². The second kappa shape index (κ2) is 10.2. The van der Waals surface area contributed by atoms with Crippen LogP contribution in [0.15, 0.2) is 66.7 Å². The molecule has 0 radical (unpaired) electrons. The van der Waals surface area contributed by atoms with E-state index in [1.807, 2.05) is 0 Å². The van der Waals surface area contributed by atoms with E-state index in [4.69, 9.17) is 23.2 Å². The quantitative estimate of drug-likeness (QED) is 0.455. The number of rotatable bonds is 7. The highest BCUT2D eigenvalue weighted by molar-refractivity contribution is 7.92. The van der Waals surface area contributed by atoms with Gasteiger partial charge < -0.3 is 10.1 Å². The van der Waals surface area contributed by atoms with Crippen molar-refractivity contribution in [1.82, 2.24) is 0 Å². The fourth-order valence-electron chi connectivity index (χ4n) is 3.00. The number of methoxy groups -OCH3 is 1. The molecule has 0 atom stereocenters. The first-order chi connectivity index (χ1) is 15.6. The lowest BCUT2D eigenvalue weighted by Crippen LogP contribution is -2.29. The van der Waals surface area contributed by atoms with Crippen molar-refractivity contribution in [3.05, 3.63) is 93.5 Å². The molecule has 0 heterocycles. The van der Waals surface area contributed by atoms with Crippen LogP contribution in [0.2, 0.25) is 10.0 Å². The van der Waals surface area contributed by atoms with E-state index < -0.39 is 21.9 Å². The van der Waals surface area contributed by atoms with E-state index in [2.05, 4.69) is 10.1 Å². The standard InChI is InChI=1S/C23H20Cl2N2O5S/c1-32-23(29)17-7-12-20(25)21(13-17)26-22(28)16-5-10-19(11-6-16)27(33(2,30)31)14-15-3-8-18(24)9-4-15/h3-13H,14H2,1-2H3,(H,26,28). The van der Waals surface area contributed by atoms with E-state index in [1.165, 1.54) is 41.7 Å². The first kappa shape index (κ1) is 24.6. The molecule has 0 saturated heterocycles. The van der Waals surface area contributed by atoms with Crippen molar-refractivity contribution >= 4 is 56.5 Å². The Kier molecular flexibility index (Phi) is 7.63. The van der Waals surface area contributed by atoms with Crippen LogP contribution in [0.3, 0.4) is 0 Å². The zero-order valence-corrected chi connectivity index (χ0v) is 20.0. The summed E-state index contributed by atoms with van der Waals surface area (Å²) in [6.07, 6.45) is 1.11. The number of halogens is 2. The highest BCUT2D eigenvalue weighted by Crippen LogP contribution is 2.26. The number of nitrogens with one attached hydrogen (secondary N) is 1. The molecule has 1 amide bonds. The molecule has 3 aromatic carbocycles. The fourth-order valence-corrected chi connectivity index (χ4v) is 4.17. The maximum absolute atomic E-state index is 12.7. The maximum Gasteiger partial charge on any atom is 0.337 e. The van der Waals surface area contributed by atoms with Crippen molar-refractivity contribution in [3.63, 3.8) is 0 Å². The average molecular weight is 507 g/mol. The number of sulfonamides is 1. The van der Waals surface area contributed by atoms with Crippen molar-refractivity contribution < 1.29 is 22.7 Å². The molecule has 3 aromatic rings. The van der Waals surface area contributed by atoms with Gasteiger partial charge in [-0.1, -0.05) is 35.3 Å². The van der Waals surface area contributed by atoms with Crippen molar-refractivity contribution in [2.75, 3.05) is 23.0 Å². The summed E-state index contributed by atoms with van der Waals surface area (Å²) < 4.78 is 30.7. The van der Waals surface area contributed by atoms with Crippen LogP contribution < -0.4 is 9.62 Å². The van der Waals surface area contributed by atoms with Crippen LogP contribution in [0, 0.1) is 0 Å². The fraction of sp³-hybridized carbons (Fsp3) is 0.130. The van der Waals surface area contributed by atoms with Gasteiger partial charge in [0.15, 0.2) is 0 Å². The number of anilines is 2. The molecule has 0 spiro atoms. The Morgan fingerprint density at radius 2 is 1.55 bits per heavy atom. The Labute approximate surface area is 201 Å². The minimum atomic E-state index is -3.59. The van der Waals surface area contributed by atoms with Gasteiger partial charge in [-0.25, -0.2) is 13.2 Å². The molecule has 3 rings (SSSR count). The predicted molar refractivity (Wildman–Crippen MR) is 130 cm³/mol. The normalized spacial score (nSPS) is 11.0. The Morgan fingerprint density at radius 1 is 0.939 bits per heavy atom. The van der Waals surface area contributed by atoms with Crippen LogP contribution in [0.25, 0.3) is 0 Å². The second-order valence-corrected chi connectivity index (χ2v) is 9.83. The molecule has 0 bridgehead atoms. The van der Waals surface area contributed by atoms with Gasteiger partial charge >= 0.3 is 5.97 Å². The molecule has 7 nitrogen and oxygen atoms in total. The first-order valence-corrected chi connectivity index (χ1v) is 12.2. The summed E-state index contributed by atoms with van der Waals surface area (Å²) in [6.45, 7) is 0.109. The van der Waals surface area contributed by atoms with E-state index in [9.17, 15) is 18.0 Å². The minimum Gasteiger partial charge on any atom is -0.465 e. The summed E-state index contributed by atoms with van der Waals surface area (Å²) in [4.78, 5) is 24.4. The summed E-state index contributed by atoms with van der Waals surface area (Å²) >= 11 is 12.0. The molecule has 0 saturated carbocycles. The third-order valence-corrected chi connectivity index (χ3v) is 6.42. The number of nitrogens with zero attached hydrogens (tertiary/aromatic N) is 1. The third-order valence-electron chi connectivity index (χ3n) is 4.69. The highest BCUT2D eigenvalue weighted by Gasteiger charge is 2.19. The summed E-state index contributed by atoms with van der Waals surface area (Å²) in [5.41, 5.74) is 1.91. The molecule has 0 unspecified atom stereocenters. The maximum atomic E-state index is 12.7. The lowest BCUT2D eigenvalue weighted by Gasteiger charge is -2.23. The van der Waals surface area contributed by atoms with Gasteiger partial charge in [0, 0.05) is 10.6 Å². The molecule has 1 N–H and O–H groups in total. The number of ether oxygens (including phenoxy) is 1. The van der Waals surface area contributed by atoms with Crippen molar-refractivity contribution in [2.24, 2.45) is 0 Å². The molecule has 0 fully saturated rings. The smallest absolute Gasteiger partial charge is 0.337 e. The molecule has 0 aliphatic heterocycles. The lowest BCUT2D eigenvalue weighted by molar-refractivity contribution is 0.0600. The van der Waals surface area contributed by atoms with Crippen LogP contribution in [0.1, 0.15) is 26.3 Å². The van der Waals surface area contributed by atoms with Gasteiger partial charge in [-0.3, -0.25) is 9.10 Å². The van der Waals surface area contributed by atoms with Crippen molar-refractivity contribution in [3.8, 4) is 0 Å². The molecule has 172 valence electrons. The van der Waals surface area contributed by atoms with Crippen LogP contribution in [0.4, 0.5) is 11.4 Å². The zero-order chi connectivity index (χ0) is 24.2. The molecule has 0 aliphatic carbocycles. The number of hydrogen-bond acceptors (Lipinski definition) is 5. The summed E-state index contributed by atoms with van der Waals surface area (Å²) in [5.74, 6) is -1.04. The van der Waals surface area contributed by atoms with Gasteiger partial charge in [0.2, 0.25) is 10.0 Å². The van der Waals surface area contributed by atoms with Gasteiger partial charge in [0.25, 0.3) is 5.91 Å². The number of carbonyl (C=O) groups excluding carboxylic acids is 2. The Hall–Kier alpha value is -3.07. The highest BCUT2D eigenvalue weighted by atomic mass is 35.5. The van der Waals surface area contributed by atoms with E-state index in [0.29, 0.717) is 10.7 Å². The lowest BCUT2D eigenvalue weighted by atomic mass is 10.1. The molecule has 33 heavy (non-hydrogen) atoms. The van der Waals surface area contributed by atoms with E-state index in [-0.39, 0.29) is 28.4 Å². The number of carbonyl (C=O) groups is 2. The molecular formula is C23H20Cl2N2O5S. The van der Waals surface area contributed by atoms with Crippen LogP contribution in [0.5, 0.6) is 0 Å². The number of amides is 1. The topological polar surface area (TPSA) is 92.8 Å². The van der Waals surface area contributed by atoms with Crippen LogP contribution in [-0.2, 0) is 21.3 Å². The molecule has 0 aliphatic rings.